The van der Waals surface area contributed by atoms with Gasteiger partial charge in [-0.1, -0.05) is 47.5 Å². The van der Waals surface area contributed by atoms with Gasteiger partial charge in [-0.15, -0.1) is 0 Å². The summed E-state index contributed by atoms with van der Waals surface area (Å²) >= 11 is 11.7. The summed E-state index contributed by atoms with van der Waals surface area (Å²) in [4.78, 5) is 36.4. The van der Waals surface area contributed by atoms with Crippen LogP contribution in [0.1, 0.15) is 27.6 Å². The van der Waals surface area contributed by atoms with Crippen molar-refractivity contribution in [2.24, 2.45) is 0 Å². The van der Waals surface area contributed by atoms with Gasteiger partial charge in [0.05, 0.1) is 0 Å². The summed E-state index contributed by atoms with van der Waals surface area (Å²) in [6.45, 7) is 1.13. The minimum atomic E-state index is -1.58. The van der Waals surface area contributed by atoms with E-state index in [0.29, 0.717) is 10.0 Å². The van der Waals surface area contributed by atoms with Gasteiger partial charge in [-0.3, -0.25) is 14.4 Å². The smallest absolute Gasteiger partial charge is 0.303 e. The molecule has 6 heteroatoms. The third kappa shape index (κ3) is 4.41. The molecule has 0 atom stereocenters. The van der Waals surface area contributed by atoms with Gasteiger partial charge < -0.3 is 4.74 Å². The molecule has 0 aliphatic carbocycles. The Labute approximate surface area is 143 Å². The maximum absolute atomic E-state index is 12.5. The molecule has 2 aromatic carbocycles. The second-order valence-electron chi connectivity index (χ2n) is 4.74. The molecule has 0 saturated carbocycles. The molecule has 23 heavy (non-hydrogen) atoms. The Balaban J connectivity index is 2.38. The molecule has 0 radical (unpaired) electrons. The fraction of sp³-hybridized carbons (Fsp3) is 0.118. The first-order valence-corrected chi connectivity index (χ1v) is 7.41. The van der Waals surface area contributed by atoms with Gasteiger partial charge >= 0.3 is 5.97 Å². The number of carbonyl (C=O) groups is 3. The largest absolute Gasteiger partial charge is 0.446 e. The van der Waals surface area contributed by atoms with E-state index in [1.807, 2.05) is 0 Å². The van der Waals surface area contributed by atoms with E-state index in [9.17, 15) is 14.4 Å². The molecule has 0 heterocycles. The molecule has 0 N–H and O–H groups in total. The van der Waals surface area contributed by atoms with Gasteiger partial charge in [0.25, 0.3) is 0 Å². The number of Topliss-reactive ketones (excluding diaryl/α,β-unsaturated/α-hetero) is 2. The zero-order valence-corrected chi connectivity index (χ0v) is 13.6. The second-order valence-corrected chi connectivity index (χ2v) is 5.61. The monoisotopic (exact) mass is 350 g/mol. The van der Waals surface area contributed by atoms with E-state index in [1.165, 1.54) is 24.3 Å². The van der Waals surface area contributed by atoms with Crippen molar-refractivity contribution in [3.05, 3.63) is 69.7 Å². The highest BCUT2D eigenvalue weighted by Crippen LogP contribution is 2.18. The average molecular weight is 351 g/mol. The van der Waals surface area contributed by atoms with Crippen LogP contribution in [-0.4, -0.2) is 23.6 Å². The number of carbonyl (C=O) groups excluding carboxylic acids is 3. The van der Waals surface area contributed by atoms with Crippen LogP contribution >= 0.6 is 23.2 Å². The Morgan fingerprint density at radius 3 is 1.65 bits per heavy atom. The lowest BCUT2D eigenvalue weighted by atomic mass is 9.98. The minimum Gasteiger partial charge on any atom is -0.446 e. The van der Waals surface area contributed by atoms with Crippen LogP contribution < -0.4 is 0 Å². The number of rotatable bonds is 5. The van der Waals surface area contributed by atoms with Crippen LogP contribution in [0.15, 0.2) is 48.5 Å². The number of hydrogen-bond acceptors (Lipinski definition) is 4. The summed E-state index contributed by atoms with van der Waals surface area (Å²) in [7, 11) is 0. The Morgan fingerprint density at radius 2 is 1.30 bits per heavy atom. The van der Waals surface area contributed by atoms with Crippen molar-refractivity contribution >= 4 is 40.7 Å². The van der Waals surface area contributed by atoms with E-state index >= 15 is 0 Å². The minimum absolute atomic E-state index is 0.180. The lowest BCUT2D eigenvalue weighted by Gasteiger charge is -2.15. The molecular formula is C17H12Cl2O4. The third-order valence-corrected chi connectivity index (χ3v) is 3.45. The lowest BCUT2D eigenvalue weighted by Crippen LogP contribution is -2.34. The van der Waals surface area contributed by atoms with Crippen molar-refractivity contribution in [1.29, 1.82) is 0 Å². The van der Waals surface area contributed by atoms with Crippen molar-refractivity contribution in [3.8, 4) is 0 Å². The molecule has 0 aliphatic heterocycles. The van der Waals surface area contributed by atoms with Gasteiger partial charge in [0, 0.05) is 28.1 Å². The fourth-order valence-corrected chi connectivity index (χ4v) is 2.36. The molecule has 0 saturated heterocycles. The molecule has 0 spiro atoms. The van der Waals surface area contributed by atoms with Gasteiger partial charge in [-0.2, -0.15) is 0 Å². The highest BCUT2D eigenvalue weighted by Gasteiger charge is 2.31. The maximum Gasteiger partial charge on any atom is 0.303 e. The van der Waals surface area contributed by atoms with Gasteiger partial charge in [0.1, 0.15) is 0 Å². The standard InChI is InChI=1S/C17H12Cl2O4/c1-10(20)23-17(15(21)11-4-2-6-13(18)8-11)16(22)12-5-3-7-14(19)9-12/h2-9,17H,1H3. The zero-order chi connectivity index (χ0) is 17.0. The number of esters is 1. The molecular weight excluding hydrogens is 339 g/mol. The Morgan fingerprint density at radius 1 is 0.870 bits per heavy atom. The highest BCUT2D eigenvalue weighted by molar-refractivity contribution is 6.32. The average Bonchev–Trinajstić information content (AvgIpc) is 2.51. The predicted octanol–water partition coefficient (Wildman–Crippen LogP) is 3.99. The van der Waals surface area contributed by atoms with Crippen LogP contribution in [0.3, 0.4) is 0 Å². The van der Waals surface area contributed by atoms with Gasteiger partial charge in [-0.05, 0) is 24.3 Å². The van der Waals surface area contributed by atoms with Crippen LogP contribution in [-0.2, 0) is 9.53 Å². The third-order valence-electron chi connectivity index (χ3n) is 2.98. The first-order chi connectivity index (χ1) is 10.9. The first kappa shape index (κ1) is 17.2. The predicted molar refractivity (Wildman–Crippen MR) is 87.1 cm³/mol. The summed E-state index contributed by atoms with van der Waals surface area (Å²) in [5.74, 6) is -2.03. The molecule has 0 aliphatic rings. The molecule has 0 bridgehead atoms. The quantitative estimate of drug-likeness (QED) is 0.464. The summed E-state index contributed by atoms with van der Waals surface area (Å²) < 4.78 is 4.94. The Bertz CT molecular complexity index is 713. The van der Waals surface area contributed by atoms with Gasteiger partial charge in [0.15, 0.2) is 0 Å². The van der Waals surface area contributed by atoms with Crippen LogP contribution in [0, 0.1) is 0 Å². The van der Waals surface area contributed by atoms with Crippen molar-refractivity contribution in [1.82, 2.24) is 0 Å². The topological polar surface area (TPSA) is 60.4 Å². The lowest BCUT2D eigenvalue weighted by molar-refractivity contribution is -0.142. The van der Waals surface area contributed by atoms with Crippen LogP contribution in [0.25, 0.3) is 0 Å². The fourth-order valence-electron chi connectivity index (χ4n) is 1.98. The zero-order valence-electron chi connectivity index (χ0n) is 12.1. The Hall–Kier alpha value is -2.17. The second kappa shape index (κ2) is 7.40. The molecule has 0 unspecified atom stereocenters. The Kier molecular flexibility index (Phi) is 5.53. The van der Waals surface area contributed by atoms with Crippen LogP contribution in [0.4, 0.5) is 0 Å². The first-order valence-electron chi connectivity index (χ1n) is 6.65. The summed E-state index contributed by atoms with van der Waals surface area (Å²) in [5, 5.41) is 0.681. The molecule has 0 fully saturated rings. The number of halogens is 2. The SMILES string of the molecule is CC(=O)OC(C(=O)c1cccc(Cl)c1)C(=O)c1cccc(Cl)c1. The molecule has 2 rings (SSSR count). The van der Waals surface area contributed by atoms with Crippen LogP contribution in [0.5, 0.6) is 0 Å². The van der Waals surface area contributed by atoms with E-state index in [4.69, 9.17) is 27.9 Å². The van der Waals surface area contributed by atoms with Crippen molar-refractivity contribution < 1.29 is 19.1 Å². The van der Waals surface area contributed by atoms with Gasteiger partial charge in [0.2, 0.25) is 17.7 Å². The summed E-state index contributed by atoms with van der Waals surface area (Å²) in [5.41, 5.74) is 0.359. The van der Waals surface area contributed by atoms with Gasteiger partial charge in [-0.25, -0.2) is 0 Å². The van der Waals surface area contributed by atoms with Crippen LogP contribution in [0.2, 0.25) is 10.0 Å². The van der Waals surface area contributed by atoms with E-state index in [2.05, 4.69) is 0 Å². The summed E-state index contributed by atoms with van der Waals surface area (Å²) in [6.07, 6.45) is -1.58. The normalized spacial score (nSPS) is 10.4. The van der Waals surface area contributed by atoms with E-state index < -0.39 is 23.6 Å². The number of hydrogen-bond donors (Lipinski definition) is 0. The number of ketones is 2. The molecule has 0 aromatic heterocycles. The molecule has 0 amide bonds. The number of ether oxygens (including phenoxy) is 1. The van der Waals surface area contributed by atoms with Crippen molar-refractivity contribution in [2.75, 3.05) is 0 Å². The van der Waals surface area contributed by atoms with Crippen molar-refractivity contribution in [2.45, 2.75) is 13.0 Å². The molecule has 4 nitrogen and oxygen atoms in total. The summed E-state index contributed by atoms with van der Waals surface area (Å²) in [6, 6.07) is 12.1. The van der Waals surface area contributed by atoms with Crippen molar-refractivity contribution in [3.63, 3.8) is 0 Å². The molecule has 2 aromatic rings. The van der Waals surface area contributed by atoms with E-state index in [0.717, 1.165) is 6.92 Å². The van der Waals surface area contributed by atoms with E-state index in [-0.39, 0.29) is 11.1 Å². The molecule has 118 valence electrons. The highest BCUT2D eigenvalue weighted by atomic mass is 35.5. The van der Waals surface area contributed by atoms with E-state index in [1.54, 1.807) is 24.3 Å². The number of benzene rings is 2. The maximum atomic E-state index is 12.5.